The minimum Gasteiger partial charge on any atom is -0.481 e. The number of methoxy groups -OCH3 is 2. The quantitative estimate of drug-likeness (QED) is 0.0412. The van der Waals surface area contributed by atoms with Gasteiger partial charge < -0.3 is 71.9 Å². The van der Waals surface area contributed by atoms with Gasteiger partial charge in [0, 0.05) is 59.9 Å². The van der Waals surface area contributed by atoms with Crippen LogP contribution in [0.4, 0.5) is 15.3 Å². The molecule has 0 radical (unpaired) electrons. The number of hydrogen-bond acceptors (Lipinski definition) is 14. The molecule has 12 atom stereocenters. The summed E-state index contributed by atoms with van der Waals surface area (Å²) in [6.45, 7) is 18.2. The number of urea groups is 1. The van der Waals surface area contributed by atoms with Gasteiger partial charge in [-0.15, -0.1) is 0 Å². The third kappa shape index (κ3) is 22.6. The van der Waals surface area contributed by atoms with Crippen molar-refractivity contribution in [1.29, 1.82) is 0 Å². The Kier molecular flexibility index (Phi) is 31.3. The number of hydrogen-bond donors (Lipinski definition) is 9. The summed E-state index contributed by atoms with van der Waals surface area (Å²) in [6.07, 6.45) is -1.36. The summed E-state index contributed by atoms with van der Waals surface area (Å²) < 4.78 is 17.7. The van der Waals surface area contributed by atoms with Crippen molar-refractivity contribution in [2.45, 2.75) is 194 Å². The van der Waals surface area contributed by atoms with Crippen molar-refractivity contribution in [2.75, 3.05) is 46.7 Å². The molecule has 10 N–H and O–H groups in total. The first-order valence-corrected chi connectivity index (χ1v) is 30.6. The fraction of sp³-hybridized carbons (Fsp3) is 0.651. The highest BCUT2D eigenvalue weighted by Crippen LogP contribution is 2.30. The van der Waals surface area contributed by atoms with Crippen LogP contribution in [0.1, 0.15) is 144 Å². The van der Waals surface area contributed by atoms with E-state index in [9.17, 15) is 53.1 Å². The number of nitrogens with two attached hydrogens (primary N) is 1. The maximum absolute atomic E-state index is 14.8. The van der Waals surface area contributed by atoms with Crippen LogP contribution >= 0.6 is 0 Å². The van der Waals surface area contributed by atoms with Gasteiger partial charge in [-0.25, -0.2) is 9.59 Å². The molecule has 1 aliphatic heterocycles. The Morgan fingerprint density at radius 2 is 1.36 bits per heavy atom. The van der Waals surface area contributed by atoms with Crippen molar-refractivity contribution in [3.05, 3.63) is 65.7 Å². The zero-order valence-electron chi connectivity index (χ0n) is 54.0. The fourth-order valence-electron chi connectivity index (χ4n) is 11.1. The van der Waals surface area contributed by atoms with E-state index in [0.717, 1.165) is 0 Å². The Morgan fingerprint density at radius 1 is 0.727 bits per heavy atom. The number of carboxylic acids is 1. The lowest BCUT2D eigenvalue weighted by atomic mass is 9.89. The Labute approximate surface area is 519 Å². The number of carboxylic acid groups (broad SMARTS) is 1. The molecule has 0 aliphatic carbocycles. The molecule has 1 aliphatic rings. The van der Waals surface area contributed by atoms with Crippen LogP contribution < -0.4 is 37.6 Å². The molecule has 1 heterocycles. The SMILES string of the molecule is CC[C@H](C)[C@@H](C(CC(=O)N1CCC[C@H]1[C@H](OC)[C@@H](C)C(=O)N[C@H](C)[C@@H](O)c1ccccc1)OC)N(C)C(=O)[C@@H](NC(=O)[C@H](C(C)C)N(C)C(=O)OCc1ccc(NC(=O)[C@H](CCCNC(N)=O)NC(=O)[C@@H](NC(=O)CCCC(=O)O)C(C)C)cc1)C(C)C. The molecule has 3 rings (SSSR count). The van der Waals surface area contributed by atoms with Crippen molar-refractivity contribution in [3.63, 3.8) is 0 Å². The van der Waals surface area contributed by atoms with E-state index >= 15 is 0 Å². The summed E-state index contributed by atoms with van der Waals surface area (Å²) >= 11 is 0. The van der Waals surface area contributed by atoms with Gasteiger partial charge >= 0.3 is 18.1 Å². The molecule has 25 heteroatoms. The number of carbonyl (C=O) groups excluding carboxylic acids is 9. The van der Waals surface area contributed by atoms with E-state index in [1.807, 2.05) is 32.0 Å². The molecule has 10 amide bonds. The van der Waals surface area contributed by atoms with E-state index in [-0.39, 0.29) is 69.4 Å². The zero-order chi connectivity index (χ0) is 66.1. The van der Waals surface area contributed by atoms with Crippen molar-refractivity contribution < 1.29 is 72.4 Å². The first-order chi connectivity index (χ1) is 41.5. The van der Waals surface area contributed by atoms with Crippen LogP contribution in [0.15, 0.2) is 54.6 Å². The third-order valence-electron chi connectivity index (χ3n) is 16.3. The third-order valence-corrected chi connectivity index (χ3v) is 16.3. The Hall–Kier alpha value is -7.38. The van der Waals surface area contributed by atoms with Crippen LogP contribution in [-0.2, 0) is 59.2 Å². The van der Waals surface area contributed by atoms with Gasteiger partial charge in [0.1, 0.15) is 30.8 Å². The number of aliphatic carboxylic acids is 1. The highest BCUT2D eigenvalue weighted by atomic mass is 16.6. The molecular weight excluding hydrogens is 1140 g/mol. The Bertz CT molecular complexity index is 2610. The van der Waals surface area contributed by atoms with Crippen molar-refractivity contribution in [3.8, 4) is 0 Å². The van der Waals surface area contributed by atoms with Crippen LogP contribution in [0.2, 0.25) is 0 Å². The molecular formula is C63H100N10O15. The number of aliphatic hydroxyl groups is 1. The van der Waals surface area contributed by atoms with Crippen LogP contribution in [0.25, 0.3) is 0 Å². The summed E-state index contributed by atoms with van der Waals surface area (Å²) in [4.78, 5) is 137. The van der Waals surface area contributed by atoms with Gasteiger partial charge in [-0.3, -0.25) is 43.3 Å². The van der Waals surface area contributed by atoms with E-state index in [0.29, 0.717) is 42.6 Å². The molecule has 492 valence electrons. The monoisotopic (exact) mass is 1240 g/mol. The van der Waals surface area contributed by atoms with Crippen molar-refractivity contribution in [1.82, 2.24) is 41.3 Å². The van der Waals surface area contributed by atoms with Crippen LogP contribution in [0.3, 0.4) is 0 Å². The largest absolute Gasteiger partial charge is 0.481 e. The smallest absolute Gasteiger partial charge is 0.410 e. The molecule has 0 aromatic heterocycles. The first-order valence-electron chi connectivity index (χ1n) is 30.6. The first kappa shape index (κ1) is 74.9. The summed E-state index contributed by atoms with van der Waals surface area (Å²) in [5.74, 6) is -6.55. The Morgan fingerprint density at radius 3 is 1.92 bits per heavy atom. The maximum Gasteiger partial charge on any atom is 0.410 e. The zero-order valence-corrected chi connectivity index (χ0v) is 54.0. The number of primary amides is 1. The lowest BCUT2D eigenvalue weighted by molar-refractivity contribution is -0.148. The van der Waals surface area contributed by atoms with Gasteiger partial charge in [-0.05, 0) is 86.0 Å². The molecule has 88 heavy (non-hydrogen) atoms. The molecule has 2 aromatic carbocycles. The standard InChI is InChI=1S/C63H100N10O15/c1-15-39(8)54(47(86-13)34-49(75)73-33-21-25-46(73)56(87-14)40(9)57(79)66-41(10)55(78)43-22-17-16-18-23-43)71(11)61(83)52(37(4)5)70-60(82)53(38(6)7)72(12)63(85)88-35-42-28-30-44(31-29-42)67-58(80)45(24-20-32-65-62(64)84)68-59(81)51(36(2)3)69-48(74)26-19-27-50(76)77/h16-18,22-23,28-31,36-41,45-47,51-56,78H,15,19-21,24-27,32-35H2,1-14H3,(H,66,79)(H,67,80)(H,68,81)(H,69,74)(H,70,82)(H,76,77)(H3,64,65,84)/t39-,40+,41+,45-,46-,47?,51-,52-,53-,54-,55+,56+/m0/s1. The topological polar surface area (TPSA) is 347 Å². The minimum absolute atomic E-state index is 0.0713. The van der Waals surface area contributed by atoms with Crippen molar-refractivity contribution >= 4 is 65.1 Å². The number of ether oxygens (including phenoxy) is 3. The van der Waals surface area contributed by atoms with E-state index in [1.54, 1.807) is 109 Å². The predicted octanol–water partition coefficient (Wildman–Crippen LogP) is 4.85. The molecule has 1 fully saturated rings. The van der Waals surface area contributed by atoms with Gasteiger partial charge in [0.05, 0.1) is 48.8 Å². The number of anilines is 1. The molecule has 25 nitrogen and oxygen atoms in total. The van der Waals surface area contributed by atoms with Gasteiger partial charge in [0.2, 0.25) is 41.4 Å². The molecule has 0 bridgehead atoms. The molecule has 0 saturated carbocycles. The number of aliphatic hydroxyl groups excluding tert-OH is 1. The summed E-state index contributed by atoms with van der Waals surface area (Å²) in [5, 5.41) is 36.3. The number of rotatable bonds is 36. The average Bonchev–Trinajstić information content (AvgIpc) is 4.06. The number of nitrogens with zero attached hydrogens (tertiary/aromatic N) is 3. The predicted molar refractivity (Wildman–Crippen MR) is 331 cm³/mol. The van der Waals surface area contributed by atoms with E-state index < -0.39 is 132 Å². The van der Waals surface area contributed by atoms with Gasteiger partial charge in [0.15, 0.2) is 0 Å². The van der Waals surface area contributed by atoms with Gasteiger partial charge in [-0.1, -0.05) is 111 Å². The number of likely N-dealkylation sites (N-methyl/N-ethyl adjacent to an activating group) is 2. The van der Waals surface area contributed by atoms with E-state index in [1.165, 1.54) is 26.2 Å². The number of likely N-dealkylation sites (tertiary alicyclic amines) is 1. The number of nitrogens with one attached hydrogen (secondary N) is 6. The number of carbonyl (C=O) groups is 10. The lowest BCUT2D eigenvalue weighted by Crippen LogP contribution is -2.60. The molecule has 1 unspecified atom stereocenters. The summed E-state index contributed by atoms with van der Waals surface area (Å²) in [5.41, 5.74) is 6.71. The van der Waals surface area contributed by atoms with E-state index in [2.05, 4.69) is 31.9 Å². The number of amides is 10. The Balaban J connectivity index is 1.71. The summed E-state index contributed by atoms with van der Waals surface area (Å²) in [6, 6.07) is 8.63. The molecule has 2 aromatic rings. The second-order valence-electron chi connectivity index (χ2n) is 24.0. The highest BCUT2D eigenvalue weighted by Gasteiger charge is 2.44. The average molecular weight is 1240 g/mol. The van der Waals surface area contributed by atoms with Gasteiger partial charge in [-0.2, -0.15) is 0 Å². The van der Waals surface area contributed by atoms with Crippen LogP contribution in [0.5, 0.6) is 0 Å². The highest BCUT2D eigenvalue weighted by molar-refractivity contribution is 5.98. The number of benzene rings is 2. The minimum atomic E-state index is -1.13. The normalized spacial score (nSPS) is 16.9. The lowest BCUT2D eigenvalue weighted by Gasteiger charge is -2.41. The second-order valence-corrected chi connectivity index (χ2v) is 24.0. The maximum atomic E-state index is 14.8. The molecule has 0 spiro atoms. The van der Waals surface area contributed by atoms with Crippen LogP contribution in [0, 0.1) is 29.6 Å². The summed E-state index contributed by atoms with van der Waals surface area (Å²) in [7, 11) is 6.07. The van der Waals surface area contributed by atoms with Crippen LogP contribution in [-0.4, -0.2) is 180 Å². The second kappa shape index (κ2) is 36.8. The molecule has 1 saturated heterocycles. The fourth-order valence-corrected chi connectivity index (χ4v) is 11.1. The van der Waals surface area contributed by atoms with E-state index in [4.69, 9.17) is 25.1 Å². The van der Waals surface area contributed by atoms with Crippen molar-refractivity contribution in [2.24, 2.45) is 35.3 Å². The van der Waals surface area contributed by atoms with Gasteiger partial charge in [0.25, 0.3) is 0 Å².